The molecule has 1 unspecified atom stereocenters. The zero-order valence-electron chi connectivity index (χ0n) is 15.7. The first-order valence-corrected chi connectivity index (χ1v) is 9.67. The van der Waals surface area contributed by atoms with Gasteiger partial charge in [-0.3, -0.25) is 9.69 Å². The SMILES string of the molecule is Cc1nc2cc(CNC(=O)C(C)CN3CCOCC3)ccc2n1C1CC1. The van der Waals surface area contributed by atoms with Crippen LogP contribution in [0, 0.1) is 12.8 Å². The Bertz CT molecular complexity index is 790. The van der Waals surface area contributed by atoms with Gasteiger partial charge in [0, 0.05) is 38.1 Å². The van der Waals surface area contributed by atoms with Crippen molar-refractivity contribution in [3.8, 4) is 0 Å². The Morgan fingerprint density at radius 3 is 2.85 bits per heavy atom. The average Bonchev–Trinajstić information content (AvgIpc) is 3.42. The van der Waals surface area contributed by atoms with Gasteiger partial charge in [0.05, 0.1) is 24.2 Å². The van der Waals surface area contributed by atoms with E-state index in [1.807, 2.05) is 6.92 Å². The van der Waals surface area contributed by atoms with Crippen molar-refractivity contribution in [2.45, 2.75) is 39.3 Å². The molecule has 6 heteroatoms. The molecule has 2 heterocycles. The van der Waals surface area contributed by atoms with E-state index in [9.17, 15) is 4.79 Å². The monoisotopic (exact) mass is 356 g/mol. The minimum Gasteiger partial charge on any atom is -0.379 e. The highest BCUT2D eigenvalue weighted by atomic mass is 16.5. The van der Waals surface area contributed by atoms with E-state index in [0.717, 1.165) is 49.8 Å². The molecule has 1 aromatic carbocycles. The fourth-order valence-corrected chi connectivity index (χ4v) is 3.79. The lowest BCUT2D eigenvalue weighted by Gasteiger charge is -2.28. The molecule has 2 aliphatic rings. The summed E-state index contributed by atoms with van der Waals surface area (Å²) in [7, 11) is 0. The number of carbonyl (C=O) groups excluding carboxylic acids is 1. The molecule has 1 saturated carbocycles. The van der Waals surface area contributed by atoms with Gasteiger partial charge in [0.15, 0.2) is 0 Å². The van der Waals surface area contributed by atoms with Crippen LogP contribution >= 0.6 is 0 Å². The first-order chi connectivity index (χ1) is 12.6. The van der Waals surface area contributed by atoms with Crippen LogP contribution < -0.4 is 5.32 Å². The molecule has 1 aromatic heterocycles. The molecule has 1 amide bonds. The van der Waals surface area contributed by atoms with Crippen LogP contribution in [-0.2, 0) is 16.1 Å². The highest BCUT2D eigenvalue weighted by Crippen LogP contribution is 2.38. The van der Waals surface area contributed by atoms with Gasteiger partial charge in [-0.2, -0.15) is 0 Å². The maximum atomic E-state index is 12.4. The first kappa shape index (κ1) is 17.5. The van der Waals surface area contributed by atoms with Crippen molar-refractivity contribution < 1.29 is 9.53 Å². The number of benzene rings is 1. The number of aromatic nitrogens is 2. The normalized spacial score (nSPS) is 19.6. The predicted molar refractivity (Wildman–Crippen MR) is 101 cm³/mol. The highest BCUT2D eigenvalue weighted by Gasteiger charge is 2.27. The van der Waals surface area contributed by atoms with Gasteiger partial charge in [-0.05, 0) is 37.5 Å². The Hall–Kier alpha value is -1.92. The van der Waals surface area contributed by atoms with E-state index in [1.54, 1.807) is 0 Å². The molecule has 1 saturated heterocycles. The summed E-state index contributed by atoms with van der Waals surface area (Å²) in [5.74, 6) is 1.17. The standard InChI is InChI=1S/C20H28N4O2/c1-14(13-23-7-9-26-10-8-23)20(25)21-12-16-3-6-19-18(11-16)22-15(2)24(19)17-4-5-17/h3,6,11,14,17H,4-5,7-10,12-13H2,1-2H3,(H,21,25). The molecule has 2 fully saturated rings. The summed E-state index contributed by atoms with van der Waals surface area (Å²) in [4.78, 5) is 19.4. The molecule has 140 valence electrons. The fraction of sp³-hybridized carbons (Fsp3) is 0.600. The van der Waals surface area contributed by atoms with Crippen molar-refractivity contribution in [3.05, 3.63) is 29.6 Å². The number of imidazole rings is 1. The largest absolute Gasteiger partial charge is 0.379 e. The first-order valence-electron chi connectivity index (χ1n) is 9.67. The van der Waals surface area contributed by atoms with Crippen LogP contribution in [0.4, 0.5) is 0 Å². The number of hydrogen-bond donors (Lipinski definition) is 1. The molecule has 26 heavy (non-hydrogen) atoms. The maximum Gasteiger partial charge on any atom is 0.224 e. The van der Waals surface area contributed by atoms with Crippen LogP contribution in [0.15, 0.2) is 18.2 Å². The van der Waals surface area contributed by atoms with E-state index < -0.39 is 0 Å². The molecule has 1 aliphatic carbocycles. The van der Waals surface area contributed by atoms with E-state index in [2.05, 4.69) is 39.9 Å². The molecule has 0 spiro atoms. The molecule has 6 nitrogen and oxygen atoms in total. The van der Waals surface area contributed by atoms with Gasteiger partial charge in [-0.15, -0.1) is 0 Å². The van der Waals surface area contributed by atoms with Gasteiger partial charge in [-0.25, -0.2) is 4.98 Å². The van der Waals surface area contributed by atoms with Gasteiger partial charge < -0.3 is 14.6 Å². The second-order valence-corrected chi connectivity index (χ2v) is 7.62. The smallest absolute Gasteiger partial charge is 0.224 e. The lowest BCUT2D eigenvalue weighted by atomic mass is 10.1. The van der Waals surface area contributed by atoms with Crippen LogP contribution in [0.25, 0.3) is 11.0 Å². The summed E-state index contributed by atoms with van der Waals surface area (Å²) in [6.45, 7) is 8.77. The maximum absolute atomic E-state index is 12.4. The number of morpholine rings is 1. The van der Waals surface area contributed by atoms with Crippen molar-refractivity contribution in [1.82, 2.24) is 19.8 Å². The van der Waals surface area contributed by atoms with Crippen LogP contribution in [0.3, 0.4) is 0 Å². The van der Waals surface area contributed by atoms with E-state index >= 15 is 0 Å². The Morgan fingerprint density at radius 1 is 1.35 bits per heavy atom. The number of nitrogens with one attached hydrogen (secondary N) is 1. The molecule has 1 atom stereocenters. The van der Waals surface area contributed by atoms with Crippen LogP contribution in [-0.4, -0.2) is 53.2 Å². The summed E-state index contributed by atoms with van der Waals surface area (Å²) in [5, 5.41) is 3.08. The van der Waals surface area contributed by atoms with E-state index in [-0.39, 0.29) is 11.8 Å². The van der Waals surface area contributed by atoms with Crippen LogP contribution in [0.5, 0.6) is 0 Å². The Labute approximate surface area is 154 Å². The second kappa shape index (κ2) is 7.37. The predicted octanol–water partition coefficient (Wildman–Crippen LogP) is 2.26. The molecule has 4 rings (SSSR count). The third kappa shape index (κ3) is 3.76. The highest BCUT2D eigenvalue weighted by molar-refractivity contribution is 5.79. The molecule has 2 aromatic rings. The number of hydrogen-bond acceptors (Lipinski definition) is 4. The fourth-order valence-electron chi connectivity index (χ4n) is 3.79. The summed E-state index contributed by atoms with van der Waals surface area (Å²) in [5.41, 5.74) is 3.34. The number of fused-ring (bicyclic) bond motifs is 1. The Morgan fingerprint density at radius 2 is 2.12 bits per heavy atom. The number of carbonyl (C=O) groups is 1. The van der Waals surface area contributed by atoms with Crippen molar-refractivity contribution in [2.24, 2.45) is 5.92 Å². The quantitative estimate of drug-likeness (QED) is 0.863. The molecular weight excluding hydrogens is 328 g/mol. The van der Waals surface area contributed by atoms with E-state index in [0.29, 0.717) is 12.6 Å². The zero-order chi connectivity index (χ0) is 18.1. The minimum atomic E-state index is -0.0202. The van der Waals surface area contributed by atoms with E-state index in [1.165, 1.54) is 18.4 Å². The number of ether oxygens (including phenoxy) is 1. The van der Waals surface area contributed by atoms with Crippen molar-refractivity contribution in [3.63, 3.8) is 0 Å². The summed E-state index contributed by atoms with van der Waals surface area (Å²) >= 11 is 0. The van der Waals surface area contributed by atoms with Crippen molar-refractivity contribution in [1.29, 1.82) is 0 Å². The molecule has 1 N–H and O–H groups in total. The third-order valence-electron chi connectivity index (χ3n) is 5.39. The van der Waals surface area contributed by atoms with Gasteiger partial charge in [0.2, 0.25) is 5.91 Å². The molecule has 0 radical (unpaired) electrons. The van der Waals surface area contributed by atoms with Gasteiger partial charge in [0.25, 0.3) is 0 Å². The second-order valence-electron chi connectivity index (χ2n) is 7.62. The number of rotatable bonds is 6. The van der Waals surface area contributed by atoms with Gasteiger partial charge in [-0.1, -0.05) is 13.0 Å². The number of aryl methyl sites for hydroxylation is 1. The average molecular weight is 356 g/mol. The van der Waals surface area contributed by atoms with E-state index in [4.69, 9.17) is 9.72 Å². The topological polar surface area (TPSA) is 59.4 Å². The molecule has 1 aliphatic heterocycles. The Balaban J connectivity index is 1.35. The lowest BCUT2D eigenvalue weighted by Crippen LogP contribution is -2.42. The summed E-state index contributed by atoms with van der Waals surface area (Å²) in [6, 6.07) is 6.99. The Kier molecular flexibility index (Phi) is 4.96. The number of nitrogens with zero attached hydrogens (tertiary/aromatic N) is 3. The molecular formula is C20H28N4O2. The third-order valence-corrected chi connectivity index (χ3v) is 5.39. The lowest BCUT2D eigenvalue weighted by molar-refractivity contribution is -0.125. The van der Waals surface area contributed by atoms with Crippen molar-refractivity contribution in [2.75, 3.05) is 32.8 Å². The number of amides is 1. The van der Waals surface area contributed by atoms with Gasteiger partial charge >= 0.3 is 0 Å². The summed E-state index contributed by atoms with van der Waals surface area (Å²) in [6.07, 6.45) is 2.51. The van der Waals surface area contributed by atoms with Gasteiger partial charge in [0.1, 0.15) is 5.82 Å². The zero-order valence-corrected chi connectivity index (χ0v) is 15.7. The molecule has 0 bridgehead atoms. The van der Waals surface area contributed by atoms with Crippen LogP contribution in [0.1, 0.15) is 37.2 Å². The minimum absolute atomic E-state index is 0.0202. The van der Waals surface area contributed by atoms with Crippen LogP contribution in [0.2, 0.25) is 0 Å². The summed E-state index contributed by atoms with van der Waals surface area (Å²) < 4.78 is 7.71. The van der Waals surface area contributed by atoms with Crippen molar-refractivity contribution >= 4 is 16.9 Å².